The molecule has 25 heavy (non-hydrogen) atoms. The van der Waals surface area contributed by atoms with Gasteiger partial charge in [0.1, 0.15) is 4.90 Å². The van der Waals surface area contributed by atoms with Gasteiger partial charge in [-0.2, -0.15) is 0 Å². The third-order valence-electron chi connectivity index (χ3n) is 3.05. The number of rotatable bonds is 6. The summed E-state index contributed by atoms with van der Waals surface area (Å²) in [5.74, 6) is -0.170. The van der Waals surface area contributed by atoms with Crippen LogP contribution in [0.15, 0.2) is 47.4 Å². The summed E-state index contributed by atoms with van der Waals surface area (Å²) in [6, 6.07) is 9.99. The summed E-state index contributed by atoms with van der Waals surface area (Å²) in [4.78, 5) is 22.7. The molecular weight excluding hydrogens is 405 g/mol. The van der Waals surface area contributed by atoms with Crippen molar-refractivity contribution in [1.82, 2.24) is 0 Å². The van der Waals surface area contributed by atoms with Gasteiger partial charge in [-0.3, -0.25) is 14.3 Å². The normalized spacial score (nSPS) is 11.2. The Bertz CT molecular complexity index is 912. The summed E-state index contributed by atoms with van der Waals surface area (Å²) >= 11 is 12.6. The number of carbonyl (C=O) groups is 2. The molecular formula is C16H13Cl2NO4S2. The number of Topliss-reactive ketones (excluding diaryl/α,β-unsaturated/α-hetero) is 1. The van der Waals surface area contributed by atoms with Crippen molar-refractivity contribution in [3.8, 4) is 0 Å². The van der Waals surface area contributed by atoms with E-state index in [-0.39, 0.29) is 32.3 Å². The summed E-state index contributed by atoms with van der Waals surface area (Å²) < 4.78 is 27.2. The lowest BCUT2D eigenvalue weighted by molar-refractivity contribution is -0.109. The predicted octanol–water partition coefficient (Wildman–Crippen LogP) is 4.26. The molecule has 0 aromatic heterocycles. The van der Waals surface area contributed by atoms with Gasteiger partial charge in [-0.05, 0) is 42.5 Å². The van der Waals surface area contributed by atoms with E-state index < -0.39 is 10.0 Å². The molecule has 0 atom stereocenters. The smallest absolute Gasteiger partial charge is 0.263 e. The Balaban J connectivity index is 2.15. The molecule has 0 aliphatic carbocycles. The Hall–Kier alpha value is -1.54. The molecule has 0 bridgehead atoms. The Morgan fingerprint density at radius 3 is 2.28 bits per heavy atom. The van der Waals surface area contributed by atoms with Gasteiger partial charge in [-0.15, -0.1) is 0 Å². The van der Waals surface area contributed by atoms with E-state index in [1.807, 2.05) is 0 Å². The summed E-state index contributed by atoms with van der Waals surface area (Å²) in [5, 5.41) is 0.195. The molecule has 0 aliphatic heterocycles. The minimum absolute atomic E-state index is 0.00746. The van der Waals surface area contributed by atoms with Gasteiger partial charge in [0.15, 0.2) is 10.9 Å². The number of hydrogen-bond acceptors (Lipinski definition) is 5. The van der Waals surface area contributed by atoms with Crippen LogP contribution in [0.1, 0.15) is 17.3 Å². The molecule has 0 saturated carbocycles. The highest BCUT2D eigenvalue weighted by Gasteiger charge is 2.18. The predicted molar refractivity (Wildman–Crippen MR) is 101 cm³/mol. The zero-order valence-corrected chi connectivity index (χ0v) is 16.1. The number of anilines is 1. The number of benzene rings is 2. The highest BCUT2D eigenvalue weighted by Crippen LogP contribution is 2.26. The van der Waals surface area contributed by atoms with E-state index in [2.05, 4.69) is 4.72 Å². The fraction of sp³-hybridized carbons (Fsp3) is 0.125. The number of ketones is 1. The molecule has 9 heteroatoms. The van der Waals surface area contributed by atoms with Crippen LogP contribution in [0.2, 0.25) is 10.0 Å². The van der Waals surface area contributed by atoms with Gasteiger partial charge in [0, 0.05) is 23.2 Å². The Morgan fingerprint density at radius 1 is 1.08 bits per heavy atom. The molecule has 2 aromatic rings. The topological polar surface area (TPSA) is 80.3 Å². The van der Waals surface area contributed by atoms with Crippen LogP contribution in [0.4, 0.5) is 5.69 Å². The van der Waals surface area contributed by atoms with E-state index in [1.54, 1.807) is 0 Å². The van der Waals surface area contributed by atoms with E-state index in [4.69, 9.17) is 23.2 Å². The molecule has 1 N–H and O–H groups in total. The zero-order chi connectivity index (χ0) is 18.6. The van der Waals surface area contributed by atoms with Gasteiger partial charge >= 0.3 is 0 Å². The fourth-order valence-electron chi connectivity index (χ4n) is 1.88. The molecule has 0 saturated heterocycles. The van der Waals surface area contributed by atoms with E-state index >= 15 is 0 Å². The molecule has 2 rings (SSSR count). The van der Waals surface area contributed by atoms with E-state index in [1.165, 1.54) is 49.4 Å². The SMILES string of the molecule is CC(=O)SCC(=O)c1ccc(NS(=O)(=O)c2ccc(Cl)cc2Cl)cc1. The average Bonchev–Trinajstić information content (AvgIpc) is 2.52. The third kappa shape index (κ3) is 5.47. The van der Waals surface area contributed by atoms with Crippen LogP contribution < -0.4 is 4.72 Å². The van der Waals surface area contributed by atoms with Crippen molar-refractivity contribution in [3.63, 3.8) is 0 Å². The molecule has 0 fully saturated rings. The monoisotopic (exact) mass is 417 g/mol. The number of halogens is 2. The lowest BCUT2D eigenvalue weighted by atomic mass is 10.1. The van der Waals surface area contributed by atoms with Crippen LogP contribution in [0, 0.1) is 0 Å². The number of nitrogens with one attached hydrogen (secondary N) is 1. The van der Waals surface area contributed by atoms with Gasteiger partial charge in [-0.25, -0.2) is 8.42 Å². The van der Waals surface area contributed by atoms with Crippen molar-refractivity contribution < 1.29 is 18.0 Å². The maximum Gasteiger partial charge on any atom is 0.263 e. The van der Waals surface area contributed by atoms with Gasteiger partial charge in [-0.1, -0.05) is 35.0 Å². The summed E-state index contributed by atoms with van der Waals surface area (Å²) in [7, 11) is -3.89. The standard InChI is InChI=1S/C16H13Cl2NO4S2/c1-10(20)24-9-15(21)11-2-5-13(6-3-11)19-25(22,23)16-7-4-12(17)8-14(16)18/h2-8,19H,9H2,1H3. The molecule has 0 spiro atoms. The van der Waals surface area contributed by atoms with Gasteiger partial charge < -0.3 is 0 Å². The van der Waals surface area contributed by atoms with Crippen molar-refractivity contribution in [3.05, 3.63) is 58.1 Å². The van der Waals surface area contributed by atoms with Crippen molar-refractivity contribution in [2.24, 2.45) is 0 Å². The first kappa shape index (κ1) is 19.8. The lowest BCUT2D eigenvalue weighted by Gasteiger charge is -2.10. The highest BCUT2D eigenvalue weighted by atomic mass is 35.5. The lowest BCUT2D eigenvalue weighted by Crippen LogP contribution is -2.13. The maximum absolute atomic E-state index is 12.4. The van der Waals surface area contributed by atoms with Crippen LogP contribution in [0.5, 0.6) is 0 Å². The second kappa shape index (κ2) is 8.23. The summed E-state index contributed by atoms with van der Waals surface area (Å²) in [5.41, 5.74) is 0.669. The maximum atomic E-state index is 12.4. The quantitative estimate of drug-likeness (QED) is 0.710. The largest absolute Gasteiger partial charge is 0.293 e. The summed E-state index contributed by atoms with van der Waals surface area (Å²) in [6.07, 6.45) is 0. The number of thioether (sulfide) groups is 1. The molecule has 0 heterocycles. The second-order valence-electron chi connectivity index (χ2n) is 4.96. The molecule has 0 radical (unpaired) electrons. The molecule has 0 aliphatic rings. The molecule has 0 amide bonds. The Labute approximate surface area is 159 Å². The van der Waals surface area contributed by atoms with Crippen LogP contribution in [-0.2, 0) is 14.8 Å². The first-order chi connectivity index (χ1) is 11.7. The first-order valence-electron chi connectivity index (χ1n) is 6.93. The average molecular weight is 418 g/mol. The van der Waals surface area contributed by atoms with Crippen LogP contribution in [-0.4, -0.2) is 25.1 Å². The van der Waals surface area contributed by atoms with Crippen molar-refractivity contribution in [2.45, 2.75) is 11.8 Å². The number of hydrogen-bond donors (Lipinski definition) is 1. The highest BCUT2D eigenvalue weighted by molar-refractivity contribution is 8.14. The van der Waals surface area contributed by atoms with E-state index in [0.29, 0.717) is 10.6 Å². The van der Waals surface area contributed by atoms with Gasteiger partial charge in [0.2, 0.25) is 0 Å². The molecule has 132 valence electrons. The summed E-state index contributed by atoms with van der Waals surface area (Å²) in [6.45, 7) is 1.39. The molecule has 5 nitrogen and oxygen atoms in total. The van der Waals surface area contributed by atoms with Crippen LogP contribution in [0.25, 0.3) is 0 Å². The van der Waals surface area contributed by atoms with Crippen molar-refractivity contribution >= 4 is 61.6 Å². The van der Waals surface area contributed by atoms with Crippen molar-refractivity contribution in [1.29, 1.82) is 0 Å². The third-order valence-corrected chi connectivity index (χ3v) is 5.96. The van der Waals surface area contributed by atoms with Gasteiger partial charge in [0.05, 0.1) is 10.8 Å². The molecule has 0 unspecified atom stereocenters. The minimum Gasteiger partial charge on any atom is -0.293 e. The van der Waals surface area contributed by atoms with Gasteiger partial charge in [0.25, 0.3) is 10.0 Å². The van der Waals surface area contributed by atoms with E-state index in [9.17, 15) is 18.0 Å². The van der Waals surface area contributed by atoms with Crippen LogP contribution in [0.3, 0.4) is 0 Å². The molecule has 2 aromatic carbocycles. The Kier molecular flexibility index (Phi) is 6.51. The fourth-order valence-corrected chi connectivity index (χ4v) is 4.21. The van der Waals surface area contributed by atoms with Crippen LogP contribution >= 0.6 is 35.0 Å². The first-order valence-corrected chi connectivity index (χ1v) is 10.2. The number of sulfonamides is 1. The van der Waals surface area contributed by atoms with Crippen molar-refractivity contribution in [2.75, 3.05) is 10.5 Å². The number of carbonyl (C=O) groups excluding carboxylic acids is 2. The Morgan fingerprint density at radius 2 is 1.72 bits per heavy atom. The minimum atomic E-state index is -3.89. The second-order valence-corrected chi connectivity index (χ2v) is 8.61. The van der Waals surface area contributed by atoms with E-state index in [0.717, 1.165) is 11.8 Å². The zero-order valence-electron chi connectivity index (χ0n) is 13.0.